The second-order valence-corrected chi connectivity index (χ2v) is 6.07. The fourth-order valence-electron chi connectivity index (χ4n) is 2.61. The van der Waals surface area contributed by atoms with Crippen molar-refractivity contribution >= 4 is 29.2 Å². The van der Waals surface area contributed by atoms with Crippen molar-refractivity contribution in [2.24, 2.45) is 0 Å². The van der Waals surface area contributed by atoms with E-state index < -0.39 is 5.97 Å². The molecular weight excluding hydrogens is 344 g/mol. The molecule has 0 aromatic heterocycles. The Hall–Kier alpha value is -3.15. The van der Waals surface area contributed by atoms with Crippen LogP contribution in [-0.4, -0.2) is 30.9 Å². The molecule has 0 unspecified atom stereocenters. The zero-order valence-electron chi connectivity index (χ0n) is 15.8. The van der Waals surface area contributed by atoms with Crippen molar-refractivity contribution in [3.8, 4) is 0 Å². The second-order valence-electron chi connectivity index (χ2n) is 6.07. The number of hydrogen-bond acceptors (Lipinski definition) is 4. The summed E-state index contributed by atoms with van der Waals surface area (Å²) in [6, 6.07) is 14.2. The molecule has 0 spiro atoms. The highest BCUT2D eigenvalue weighted by Gasteiger charge is 2.20. The third-order valence-electron chi connectivity index (χ3n) is 3.97. The molecule has 6 nitrogen and oxygen atoms in total. The summed E-state index contributed by atoms with van der Waals surface area (Å²) in [7, 11) is 0. The van der Waals surface area contributed by atoms with Crippen molar-refractivity contribution in [2.75, 3.05) is 23.4 Å². The monoisotopic (exact) mass is 368 g/mol. The predicted octanol–water partition coefficient (Wildman–Crippen LogP) is 3.55. The fraction of sp³-hybridized carbons (Fsp3) is 0.286. The molecule has 27 heavy (non-hydrogen) atoms. The summed E-state index contributed by atoms with van der Waals surface area (Å²) < 4.78 is 5.06. The van der Waals surface area contributed by atoms with E-state index >= 15 is 0 Å². The van der Waals surface area contributed by atoms with Crippen molar-refractivity contribution < 1.29 is 19.1 Å². The van der Waals surface area contributed by atoms with Crippen LogP contribution in [-0.2, 0) is 14.3 Å². The van der Waals surface area contributed by atoms with E-state index in [4.69, 9.17) is 4.74 Å². The minimum atomic E-state index is -0.497. The number of carbonyl (C=O) groups is 3. The van der Waals surface area contributed by atoms with Crippen LogP contribution in [0.1, 0.15) is 36.2 Å². The number of aryl methyl sites for hydroxylation is 1. The van der Waals surface area contributed by atoms with E-state index in [-0.39, 0.29) is 31.4 Å². The summed E-state index contributed by atoms with van der Waals surface area (Å²) in [5, 5.41) is 2.80. The van der Waals surface area contributed by atoms with Gasteiger partial charge < -0.3 is 15.0 Å². The molecule has 2 rings (SSSR count). The Labute approximate surface area is 159 Å². The number of rotatable bonds is 7. The lowest BCUT2D eigenvalue weighted by molar-refractivity contribution is -0.117. The van der Waals surface area contributed by atoms with Gasteiger partial charge >= 0.3 is 5.97 Å². The standard InChI is InChI=1S/C21H24N2O4/c1-4-27-21(26)18-7-5-6-8-19(18)23(16(3)24)14-13-20(25)22-17-11-9-15(2)10-12-17/h5-12H,4,13-14H2,1-3H3,(H,22,25). The van der Waals surface area contributed by atoms with E-state index in [9.17, 15) is 14.4 Å². The first-order valence-corrected chi connectivity index (χ1v) is 8.83. The van der Waals surface area contributed by atoms with Crippen LogP contribution in [0.2, 0.25) is 0 Å². The quantitative estimate of drug-likeness (QED) is 0.758. The van der Waals surface area contributed by atoms with Crippen LogP contribution in [0.15, 0.2) is 48.5 Å². The number of benzene rings is 2. The van der Waals surface area contributed by atoms with Gasteiger partial charge in [-0.2, -0.15) is 0 Å². The molecule has 6 heteroatoms. The Morgan fingerprint density at radius 1 is 1.04 bits per heavy atom. The molecular formula is C21H24N2O4. The van der Waals surface area contributed by atoms with Crippen LogP contribution < -0.4 is 10.2 Å². The van der Waals surface area contributed by atoms with Crippen molar-refractivity contribution in [2.45, 2.75) is 27.2 Å². The van der Waals surface area contributed by atoms with Gasteiger partial charge in [-0.05, 0) is 38.1 Å². The minimum Gasteiger partial charge on any atom is -0.462 e. The van der Waals surface area contributed by atoms with Crippen molar-refractivity contribution in [1.29, 1.82) is 0 Å². The summed E-state index contributed by atoms with van der Waals surface area (Å²) >= 11 is 0. The first-order chi connectivity index (χ1) is 12.9. The Balaban J connectivity index is 2.10. The Morgan fingerprint density at radius 2 is 1.70 bits per heavy atom. The minimum absolute atomic E-state index is 0.102. The fourth-order valence-corrected chi connectivity index (χ4v) is 2.61. The SMILES string of the molecule is CCOC(=O)c1ccccc1N(CCC(=O)Nc1ccc(C)cc1)C(C)=O. The zero-order valence-corrected chi connectivity index (χ0v) is 15.8. The molecule has 0 heterocycles. The summed E-state index contributed by atoms with van der Waals surface area (Å²) in [6.45, 7) is 5.49. The van der Waals surface area contributed by atoms with Gasteiger partial charge in [-0.25, -0.2) is 4.79 Å². The van der Waals surface area contributed by atoms with E-state index in [1.165, 1.54) is 11.8 Å². The van der Waals surface area contributed by atoms with E-state index in [1.807, 2.05) is 31.2 Å². The normalized spacial score (nSPS) is 10.2. The maximum atomic E-state index is 12.2. The average Bonchev–Trinajstić information content (AvgIpc) is 2.64. The lowest BCUT2D eigenvalue weighted by Crippen LogP contribution is -2.33. The molecule has 0 bridgehead atoms. The number of esters is 1. The number of nitrogens with zero attached hydrogens (tertiary/aromatic N) is 1. The van der Waals surface area contributed by atoms with Crippen molar-refractivity contribution in [1.82, 2.24) is 0 Å². The van der Waals surface area contributed by atoms with E-state index in [0.29, 0.717) is 16.9 Å². The van der Waals surface area contributed by atoms with Crippen LogP contribution in [0.5, 0.6) is 0 Å². The van der Waals surface area contributed by atoms with Crippen LogP contribution >= 0.6 is 0 Å². The first kappa shape index (κ1) is 20.2. The maximum Gasteiger partial charge on any atom is 0.340 e. The van der Waals surface area contributed by atoms with Gasteiger partial charge in [0, 0.05) is 25.6 Å². The van der Waals surface area contributed by atoms with Crippen molar-refractivity contribution in [3.63, 3.8) is 0 Å². The number of amides is 2. The molecule has 0 fully saturated rings. The molecule has 2 aromatic rings. The molecule has 0 saturated carbocycles. The molecule has 0 atom stereocenters. The third-order valence-corrected chi connectivity index (χ3v) is 3.97. The number of hydrogen-bond donors (Lipinski definition) is 1. The van der Waals surface area contributed by atoms with Gasteiger partial charge in [0.2, 0.25) is 11.8 Å². The summed E-state index contributed by atoms with van der Waals surface area (Å²) in [6.07, 6.45) is 0.102. The number of anilines is 2. The highest BCUT2D eigenvalue weighted by molar-refractivity contribution is 6.02. The Morgan fingerprint density at radius 3 is 2.33 bits per heavy atom. The molecule has 1 N–H and O–H groups in total. The second kappa shape index (κ2) is 9.52. The van der Waals surface area contributed by atoms with Crippen LogP contribution in [0, 0.1) is 6.92 Å². The van der Waals surface area contributed by atoms with Gasteiger partial charge in [0.1, 0.15) is 0 Å². The van der Waals surface area contributed by atoms with Crippen LogP contribution in [0.3, 0.4) is 0 Å². The van der Waals surface area contributed by atoms with Gasteiger partial charge in [0.15, 0.2) is 0 Å². The van der Waals surface area contributed by atoms with E-state index in [1.54, 1.807) is 31.2 Å². The molecule has 2 amide bonds. The average molecular weight is 368 g/mol. The highest BCUT2D eigenvalue weighted by atomic mass is 16.5. The zero-order chi connectivity index (χ0) is 19.8. The predicted molar refractivity (Wildman–Crippen MR) is 105 cm³/mol. The number of ether oxygens (including phenoxy) is 1. The first-order valence-electron chi connectivity index (χ1n) is 8.83. The largest absolute Gasteiger partial charge is 0.462 e. The lowest BCUT2D eigenvalue weighted by Gasteiger charge is -2.23. The van der Waals surface area contributed by atoms with Gasteiger partial charge in [-0.15, -0.1) is 0 Å². The number of nitrogens with one attached hydrogen (secondary N) is 1. The lowest BCUT2D eigenvalue weighted by atomic mass is 10.1. The van der Waals surface area contributed by atoms with Crippen LogP contribution in [0.25, 0.3) is 0 Å². The molecule has 0 aliphatic rings. The number of carbonyl (C=O) groups excluding carboxylic acids is 3. The maximum absolute atomic E-state index is 12.2. The summed E-state index contributed by atoms with van der Waals surface area (Å²) in [4.78, 5) is 37.9. The molecule has 2 aromatic carbocycles. The molecule has 142 valence electrons. The molecule has 0 aliphatic carbocycles. The van der Waals surface area contributed by atoms with Gasteiger partial charge in [0.25, 0.3) is 0 Å². The molecule has 0 saturated heterocycles. The highest BCUT2D eigenvalue weighted by Crippen LogP contribution is 2.22. The van der Waals surface area contributed by atoms with Gasteiger partial charge in [-0.3, -0.25) is 9.59 Å². The van der Waals surface area contributed by atoms with Gasteiger partial charge in [-0.1, -0.05) is 29.8 Å². The topological polar surface area (TPSA) is 75.7 Å². The summed E-state index contributed by atoms with van der Waals surface area (Å²) in [5.74, 6) is -0.961. The number of para-hydroxylation sites is 1. The Kier molecular flexibility index (Phi) is 7.11. The van der Waals surface area contributed by atoms with Crippen LogP contribution in [0.4, 0.5) is 11.4 Å². The van der Waals surface area contributed by atoms with Gasteiger partial charge in [0.05, 0.1) is 17.9 Å². The van der Waals surface area contributed by atoms with Crippen molar-refractivity contribution in [3.05, 3.63) is 59.7 Å². The Bertz CT molecular complexity index is 815. The third kappa shape index (κ3) is 5.67. The molecule has 0 aliphatic heterocycles. The van der Waals surface area contributed by atoms with E-state index in [2.05, 4.69) is 5.32 Å². The smallest absolute Gasteiger partial charge is 0.340 e. The summed E-state index contributed by atoms with van der Waals surface area (Å²) in [5.41, 5.74) is 2.54. The van der Waals surface area contributed by atoms with E-state index in [0.717, 1.165) is 5.56 Å². The molecule has 0 radical (unpaired) electrons.